The van der Waals surface area contributed by atoms with E-state index in [1.165, 1.54) is 5.56 Å². The van der Waals surface area contributed by atoms with Gasteiger partial charge in [-0.1, -0.05) is 33.5 Å². The zero-order chi connectivity index (χ0) is 12.5. The fourth-order valence-corrected chi connectivity index (χ4v) is 3.01. The standard InChI is InChI=1S/C13H22O2Si/c1-6-10-7-12(14)13(15)8-11(10)9(2)16(3,4)5/h7-9,14-15H,6H2,1-5H3. The number of phenols is 2. The SMILES string of the molecule is CCc1cc(O)c(O)cc1C(C)[Si](C)(C)C. The zero-order valence-electron chi connectivity index (χ0n) is 10.8. The molecule has 1 rings (SSSR count). The fraction of sp³-hybridized carbons (Fsp3) is 0.538. The first-order chi connectivity index (χ1) is 7.27. The third kappa shape index (κ3) is 2.58. The van der Waals surface area contributed by atoms with Crippen LogP contribution in [0, 0.1) is 0 Å². The molecule has 0 saturated heterocycles. The maximum atomic E-state index is 9.60. The van der Waals surface area contributed by atoms with Crippen LogP contribution < -0.4 is 0 Å². The number of hydrogen-bond donors (Lipinski definition) is 2. The predicted octanol–water partition coefficient (Wildman–Crippen LogP) is 3.64. The first-order valence-electron chi connectivity index (χ1n) is 5.82. The molecule has 0 heterocycles. The first kappa shape index (κ1) is 13.1. The van der Waals surface area contributed by atoms with Gasteiger partial charge in [0.2, 0.25) is 0 Å². The molecule has 0 aliphatic rings. The Bertz CT molecular complexity index is 380. The highest BCUT2D eigenvalue weighted by atomic mass is 28.3. The average Bonchev–Trinajstić information content (AvgIpc) is 2.19. The maximum Gasteiger partial charge on any atom is 0.157 e. The molecule has 1 aromatic carbocycles. The molecule has 0 spiro atoms. The summed E-state index contributed by atoms with van der Waals surface area (Å²) in [5.41, 5.74) is 2.82. The van der Waals surface area contributed by atoms with Gasteiger partial charge in [-0.25, -0.2) is 0 Å². The van der Waals surface area contributed by atoms with Crippen LogP contribution in [0.5, 0.6) is 11.5 Å². The van der Waals surface area contributed by atoms with Gasteiger partial charge in [-0.05, 0) is 35.2 Å². The van der Waals surface area contributed by atoms with Gasteiger partial charge >= 0.3 is 0 Å². The highest BCUT2D eigenvalue weighted by Gasteiger charge is 2.26. The molecule has 0 aliphatic carbocycles. The summed E-state index contributed by atoms with van der Waals surface area (Å²) < 4.78 is 0. The second kappa shape index (κ2) is 4.50. The minimum atomic E-state index is -1.28. The molecule has 1 atom stereocenters. The summed E-state index contributed by atoms with van der Waals surface area (Å²) in [5, 5.41) is 19.1. The lowest BCUT2D eigenvalue weighted by Crippen LogP contribution is -2.29. The molecular formula is C13H22O2Si. The second-order valence-corrected chi connectivity index (χ2v) is 11.1. The maximum absolute atomic E-state index is 9.60. The minimum Gasteiger partial charge on any atom is -0.504 e. The predicted molar refractivity (Wildman–Crippen MR) is 70.9 cm³/mol. The van der Waals surface area contributed by atoms with Crippen LogP contribution in [0.3, 0.4) is 0 Å². The fourth-order valence-electron chi connectivity index (χ4n) is 1.81. The number of rotatable bonds is 3. The Balaban J connectivity index is 3.27. The lowest BCUT2D eigenvalue weighted by Gasteiger charge is -2.27. The Morgan fingerprint density at radius 3 is 2.06 bits per heavy atom. The summed E-state index contributed by atoms with van der Waals surface area (Å²) in [6, 6.07) is 3.43. The Labute approximate surface area is 99.0 Å². The molecule has 0 bridgehead atoms. The van der Waals surface area contributed by atoms with Gasteiger partial charge < -0.3 is 10.2 Å². The van der Waals surface area contributed by atoms with Crippen LogP contribution in [0.25, 0.3) is 0 Å². The highest BCUT2D eigenvalue weighted by Crippen LogP contribution is 2.36. The van der Waals surface area contributed by atoms with E-state index in [4.69, 9.17) is 0 Å². The summed E-state index contributed by atoms with van der Waals surface area (Å²) >= 11 is 0. The summed E-state index contributed by atoms with van der Waals surface area (Å²) in [4.78, 5) is 0. The van der Waals surface area contributed by atoms with Crippen molar-refractivity contribution in [2.24, 2.45) is 0 Å². The van der Waals surface area contributed by atoms with Crippen molar-refractivity contribution in [3.05, 3.63) is 23.3 Å². The average molecular weight is 238 g/mol. The van der Waals surface area contributed by atoms with Gasteiger partial charge in [0.05, 0.1) is 8.07 Å². The summed E-state index contributed by atoms with van der Waals surface area (Å²) in [7, 11) is -1.28. The van der Waals surface area contributed by atoms with Crippen LogP contribution in [0.1, 0.15) is 30.5 Å². The van der Waals surface area contributed by atoms with Crippen LogP contribution in [0.4, 0.5) is 0 Å². The van der Waals surface area contributed by atoms with Gasteiger partial charge in [0.1, 0.15) is 0 Å². The van der Waals surface area contributed by atoms with E-state index in [1.54, 1.807) is 12.1 Å². The molecular weight excluding hydrogens is 216 g/mol. The van der Waals surface area contributed by atoms with Gasteiger partial charge in [0, 0.05) is 0 Å². The molecule has 0 aliphatic heterocycles. The van der Waals surface area contributed by atoms with E-state index in [-0.39, 0.29) is 11.5 Å². The molecule has 2 nitrogen and oxygen atoms in total. The van der Waals surface area contributed by atoms with E-state index in [9.17, 15) is 10.2 Å². The van der Waals surface area contributed by atoms with Crippen LogP contribution in [0.15, 0.2) is 12.1 Å². The smallest absolute Gasteiger partial charge is 0.157 e. The summed E-state index contributed by atoms with van der Waals surface area (Å²) in [5.74, 6) is -0.0133. The number of benzene rings is 1. The third-order valence-electron chi connectivity index (χ3n) is 3.38. The molecule has 3 heteroatoms. The minimum absolute atomic E-state index is 0.00250. The molecule has 2 N–H and O–H groups in total. The first-order valence-corrected chi connectivity index (χ1v) is 9.39. The van der Waals surface area contributed by atoms with Crippen LogP contribution >= 0.6 is 0 Å². The van der Waals surface area contributed by atoms with Crippen molar-refractivity contribution in [2.75, 3.05) is 0 Å². The van der Waals surface area contributed by atoms with Crippen molar-refractivity contribution in [3.63, 3.8) is 0 Å². The zero-order valence-corrected chi connectivity index (χ0v) is 11.8. The Morgan fingerprint density at radius 1 is 1.12 bits per heavy atom. The molecule has 0 saturated carbocycles. The van der Waals surface area contributed by atoms with Crippen molar-refractivity contribution >= 4 is 8.07 Å². The quantitative estimate of drug-likeness (QED) is 0.623. The van der Waals surface area contributed by atoms with Crippen LogP contribution in [0.2, 0.25) is 19.6 Å². The summed E-state index contributed by atoms with van der Waals surface area (Å²) in [6.45, 7) is 11.3. The van der Waals surface area contributed by atoms with E-state index >= 15 is 0 Å². The monoisotopic (exact) mass is 238 g/mol. The largest absolute Gasteiger partial charge is 0.504 e. The van der Waals surface area contributed by atoms with E-state index in [0.717, 1.165) is 12.0 Å². The number of aromatic hydroxyl groups is 2. The van der Waals surface area contributed by atoms with Crippen LogP contribution in [-0.4, -0.2) is 18.3 Å². The van der Waals surface area contributed by atoms with Crippen molar-refractivity contribution in [1.82, 2.24) is 0 Å². The van der Waals surface area contributed by atoms with Gasteiger partial charge in [-0.2, -0.15) is 0 Å². The van der Waals surface area contributed by atoms with Crippen molar-refractivity contribution in [2.45, 2.75) is 45.5 Å². The van der Waals surface area contributed by atoms with Crippen molar-refractivity contribution in [1.29, 1.82) is 0 Å². The Kier molecular flexibility index (Phi) is 3.68. The molecule has 0 aromatic heterocycles. The Hall–Kier alpha value is -0.963. The van der Waals surface area contributed by atoms with E-state index in [0.29, 0.717) is 5.54 Å². The topological polar surface area (TPSA) is 40.5 Å². The van der Waals surface area contributed by atoms with Gasteiger partial charge in [0.15, 0.2) is 11.5 Å². The molecule has 0 amide bonds. The highest BCUT2D eigenvalue weighted by molar-refractivity contribution is 6.77. The van der Waals surface area contributed by atoms with Gasteiger partial charge in [-0.3, -0.25) is 0 Å². The molecule has 0 radical (unpaired) electrons. The number of aryl methyl sites for hydroxylation is 1. The Morgan fingerprint density at radius 2 is 1.62 bits per heavy atom. The second-order valence-electron chi connectivity index (χ2n) is 5.48. The number of phenolic OH excluding ortho intramolecular Hbond substituents is 2. The normalized spacial score (nSPS) is 13.8. The van der Waals surface area contributed by atoms with Crippen LogP contribution in [-0.2, 0) is 6.42 Å². The molecule has 16 heavy (non-hydrogen) atoms. The van der Waals surface area contributed by atoms with E-state index in [1.807, 2.05) is 0 Å². The van der Waals surface area contributed by atoms with E-state index < -0.39 is 8.07 Å². The molecule has 1 aromatic rings. The van der Waals surface area contributed by atoms with Gasteiger partial charge in [0.25, 0.3) is 0 Å². The number of hydrogen-bond acceptors (Lipinski definition) is 2. The van der Waals surface area contributed by atoms with Crippen molar-refractivity contribution in [3.8, 4) is 11.5 Å². The van der Waals surface area contributed by atoms with Gasteiger partial charge in [-0.15, -0.1) is 0 Å². The molecule has 90 valence electrons. The molecule has 1 unspecified atom stereocenters. The van der Waals surface area contributed by atoms with E-state index in [2.05, 4.69) is 33.5 Å². The third-order valence-corrected chi connectivity index (χ3v) is 6.29. The lowest BCUT2D eigenvalue weighted by molar-refractivity contribution is 0.402. The van der Waals surface area contributed by atoms with Crippen molar-refractivity contribution < 1.29 is 10.2 Å². The molecule has 0 fully saturated rings. The lowest BCUT2D eigenvalue weighted by atomic mass is 10.0. The summed E-state index contributed by atoms with van der Waals surface area (Å²) in [6.07, 6.45) is 0.887.